The molecule has 1 N–H and O–H groups in total. The standard InChI is InChI=1S/C18H18N2O6/c1-9-16(10(2)26-19-9)17(21)20-6-12(13(7-20)18(22)23)11-3-4-14-15(5-11)25-8-24-14/h3-5,12-13H,6-8H2,1-2H3,(H,22,23)/t12-,13+/m0/s1. The lowest BCUT2D eigenvalue weighted by Crippen LogP contribution is -2.30. The minimum absolute atomic E-state index is 0.136. The normalized spacial score (nSPS) is 21.2. The van der Waals surface area contributed by atoms with E-state index < -0.39 is 11.9 Å². The van der Waals surface area contributed by atoms with Crippen molar-refractivity contribution >= 4 is 11.9 Å². The molecule has 136 valence electrons. The van der Waals surface area contributed by atoms with Gasteiger partial charge in [0.05, 0.1) is 11.6 Å². The van der Waals surface area contributed by atoms with Crippen molar-refractivity contribution in [1.29, 1.82) is 0 Å². The van der Waals surface area contributed by atoms with Gasteiger partial charge in [0.2, 0.25) is 6.79 Å². The number of likely N-dealkylation sites (tertiary alicyclic amines) is 1. The van der Waals surface area contributed by atoms with Gasteiger partial charge < -0.3 is 24.0 Å². The molecule has 1 saturated heterocycles. The predicted octanol–water partition coefficient (Wildman–Crippen LogP) is 1.96. The highest BCUT2D eigenvalue weighted by molar-refractivity contribution is 5.96. The van der Waals surface area contributed by atoms with Gasteiger partial charge in [0, 0.05) is 19.0 Å². The number of nitrogens with zero attached hydrogens (tertiary/aromatic N) is 2. The highest BCUT2D eigenvalue weighted by Gasteiger charge is 2.42. The number of hydrogen-bond acceptors (Lipinski definition) is 6. The number of aryl methyl sites for hydroxylation is 2. The molecule has 0 spiro atoms. The molecule has 4 rings (SSSR count). The van der Waals surface area contributed by atoms with E-state index in [2.05, 4.69) is 5.16 Å². The average Bonchev–Trinajstić information content (AvgIpc) is 3.32. The van der Waals surface area contributed by atoms with Crippen LogP contribution in [0.4, 0.5) is 0 Å². The molecule has 1 aromatic carbocycles. The molecule has 1 amide bonds. The molecule has 1 aromatic heterocycles. The van der Waals surface area contributed by atoms with Crippen molar-refractivity contribution in [2.75, 3.05) is 19.9 Å². The maximum Gasteiger partial charge on any atom is 0.308 e. The van der Waals surface area contributed by atoms with Crippen LogP contribution in [0.15, 0.2) is 22.7 Å². The summed E-state index contributed by atoms with van der Waals surface area (Å²) in [6.07, 6.45) is 0. The summed E-state index contributed by atoms with van der Waals surface area (Å²) < 4.78 is 15.8. The van der Waals surface area contributed by atoms with Gasteiger partial charge >= 0.3 is 5.97 Å². The van der Waals surface area contributed by atoms with Crippen molar-refractivity contribution in [3.8, 4) is 11.5 Å². The average molecular weight is 358 g/mol. The Morgan fingerprint density at radius 2 is 1.96 bits per heavy atom. The molecule has 0 aliphatic carbocycles. The number of hydrogen-bond donors (Lipinski definition) is 1. The molecule has 0 radical (unpaired) electrons. The number of aliphatic carboxylic acids is 1. The summed E-state index contributed by atoms with van der Waals surface area (Å²) >= 11 is 0. The quantitative estimate of drug-likeness (QED) is 0.895. The third-order valence-electron chi connectivity index (χ3n) is 5.00. The summed E-state index contributed by atoms with van der Waals surface area (Å²) in [5, 5.41) is 13.5. The van der Waals surface area contributed by atoms with Crippen LogP contribution in [-0.2, 0) is 4.79 Å². The Hall–Kier alpha value is -3.03. The zero-order valence-corrected chi connectivity index (χ0v) is 14.4. The lowest BCUT2D eigenvalue weighted by molar-refractivity contribution is -0.141. The second-order valence-corrected chi connectivity index (χ2v) is 6.57. The Kier molecular flexibility index (Phi) is 3.82. The number of carboxylic acids is 1. The van der Waals surface area contributed by atoms with E-state index in [1.807, 2.05) is 6.07 Å². The molecule has 2 aliphatic rings. The van der Waals surface area contributed by atoms with E-state index in [-0.39, 0.29) is 25.2 Å². The van der Waals surface area contributed by atoms with Crippen LogP contribution in [0.25, 0.3) is 0 Å². The number of rotatable bonds is 3. The van der Waals surface area contributed by atoms with E-state index in [1.54, 1.807) is 30.9 Å². The van der Waals surface area contributed by atoms with Crippen LogP contribution in [0.3, 0.4) is 0 Å². The lowest BCUT2D eigenvalue weighted by Gasteiger charge is -2.16. The smallest absolute Gasteiger partial charge is 0.308 e. The van der Waals surface area contributed by atoms with Crippen LogP contribution >= 0.6 is 0 Å². The van der Waals surface area contributed by atoms with Crippen molar-refractivity contribution < 1.29 is 28.7 Å². The first-order valence-electron chi connectivity index (χ1n) is 8.30. The van der Waals surface area contributed by atoms with E-state index in [9.17, 15) is 14.7 Å². The summed E-state index contributed by atoms with van der Waals surface area (Å²) in [5.41, 5.74) is 1.72. The molecule has 0 bridgehead atoms. The lowest BCUT2D eigenvalue weighted by atomic mass is 9.89. The van der Waals surface area contributed by atoms with Gasteiger partial charge in [-0.3, -0.25) is 9.59 Å². The van der Waals surface area contributed by atoms with Crippen molar-refractivity contribution in [2.45, 2.75) is 19.8 Å². The van der Waals surface area contributed by atoms with Crippen LogP contribution in [0.1, 0.15) is 33.3 Å². The number of ether oxygens (including phenoxy) is 2. The Bertz CT molecular complexity index is 870. The molecular weight excluding hydrogens is 340 g/mol. The van der Waals surface area contributed by atoms with Crippen LogP contribution in [0.2, 0.25) is 0 Å². The number of carbonyl (C=O) groups is 2. The first-order chi connectivity index (χ1) is 12.5. The van der Waals surface area contributed by atoms with Gasteiger partial charge in [-0.2, -0.15) is 0 Å². The minimum Gasteiger partial charge on any atom is -0.481 e. The minimum atomic E-state index is -0.929. The van der Waals surface area contributed by atoms with E-state index >= 15 is 0 Å². The van der Waals surface area contributed by atoms with Crippen molar-refractivity contribution in [2.24, 2.45) is 5.92 Å². The fourth-order valence-corrected chi connectivity index (χ4v) is 3.65. The number of benzene rings is 1. The molecular formula is C18H18N2O6. The number of fused-ring (bicyclic) bond motifs is 1. The fraction of sp³-hybridized carbons (Fsp3) is 0.389. The first-order valence-corrected chi connectivity index (χ1v) is 8.30. The molecule has 1 fully saturated rings. The van der Waals surface area contributed by atoms with Crippen LogP contribution in [0.5, 0.6) is 11.5 Å². The van der Waals surface area contributed by atoms with Gasteiger partial charge in [0.15, 0.2) is 11.5 Å². The van der Waals surface area contributed by atoms with E-state index in [0.717, 1.165) is 5.56 Å². The van der Waals surface area contributed by atoms with Crippen molar-refractivity contribution in [1.82, 2.24) is 10.1 Å². The summed E-state index contributed by atoms with van der Waals surface area (Å²) in [5.74, 6) is -0.529. The zero-order valence-electron chi connectivity index (χ0n) is 14.4. The predicted molar refractivity (Wildman–Crippen MR) is 88.3 cm³/mol. The van der Waals surface area contributed by atoms with Crippen LogP contribution in [0, 0.1) is 19.8 Å². The molecule has 0 saturated carbocycles. The second kappa shape index (κ2) is 6.05. The second-order valence-electron chi connectivity index (χ2n) is 6.57. The summed E-state index contributed by atoms with van der Waals surface area (Å²) in [6.45, 7) is 3.97. The van der Waals surface area contributed by atoms with Gasteiger partial charge in [-0.25, -0.2) is 0 Å². The van der Waals surface area contributed by atoms with Gasteiger partial charge in [0.1, 0.15) is 11.3 Å². The Labute approximate surface area is 149 Å². The Morgan fingerprint density at radius 1 is 1.19 bits per heavy atom. The maximum absolute atomic E-state index is 12.9. The topological polar surface area (TPSA) is 102 Å². The molecule has 8 heteroatoms. The molecule has 2 atom stereocenters. The van der Waals surface area contributed by atoms with Crippen LogP contribution in [-0.4, -0.2) is 46.9 Å². The monoisotopic (exact) mass is 358 g/mol. The Morgan fingerprint density at radius 3 is 2.65 bits per heavy atom. The molecule has 2 aliphatic heterocycles. The molecule has 0 unspecified atom stereocenters. The number of carbonyl (C=O) groups excluding carboxylic acids is 1. The number of amides is 1. The summed E-state index contributed by atoms with van der Waals surface area (Å²) in [6, 6.07) is 5.40. The Balaban J connectivity index is 1.63. The summed E-state index contributed by atoms with van der Waals surface area (Å²) in [7, 11) is 0. The van der Waals surface area contributed by atoms with E-state index in [1.165, 1.54) is 0 Å². The molecule has 26 heavy (non-hydrogen) atoms. The molecule has 8 nitrogen and oxygen atoms in total. The third kappa shape index (κ3) is 2.58. The number of carboxylic acid groups (broad SMARTS) is 1. The third-order valence-corrected chi connectivity index (χ3v) is 5.00. The van der Waals surface area contributed by atoms with Crippen LogP contribution < -0.4 is 9.47 Å². The SMILES string of the molecule is Cc1noc(C)c1C(=O)N1C[C@@H](C(=O)O)[C@H](c2ccc3c(c2)OCO3)C1. The highest BCUT2D eigenvalue weighted by Crippen LogP contribution is 2.39. The van der Waals surface area contributed by atoms with Crippen molar-refractivity contribution in [3.63, 3.8) is 0 Å². The van der Waals surface area contributed by atoms with E-state index in [4.69, 9.17) is 14.0 Å². The number of aromatic nitrogens is 1. The van der Waals surface area contributed by atoms with E-state index in [0.29, 0.717) is 35.1 Å². The van der Waals surface area contributed by atoms with Gasteiger partial charge in [-0.05, 0) is 31.5 Å². The highest BCUT2D eigenvalue weighted by atomic mass is 16.7. The zero-order chi connectivity index (χ0) is 18.4. The maximum atomic E-state index is 12.9. The fourth-order valence-electron chi connectivity index (χ4n) is 3.65. The largest absolute Gasteiger partial charge is 0.481 e. The van der Waals surface area contributed by atoms with Gasteiger partial charge in [-0.15, -0.1) is 0 Å². The van der Waals surface area contributed by atoms with Gasteiger partial charge in [-0.1, -0.05) is 11.2 Å². The molecule has 2 aromatic rings. The molecule has 3 heterocycles. The first kappa shape index (κ1) is 16.4. The van der Waals surface area contributed by atoms with Crippen molar-refractivity contribution in [3.05, 3.63) is 40.8 Å². The van der Waals surface area contributed by atoms with Gasteiger partial charge in [0.25, 0.3) is 5.91 Å². The summed E-state index contributed by atoms with van der Waals surface area (Å²) in [4.78, 5) is 26.2.